The molecule has 1 aromatic carbocycles. The fourth-order valence-electron chi connectivity index (χ4n) is 2.43. The zero-order valence-electron chi connectivity index (χ0n) is 14.2. The van der Waals surface area contributed by atoms with Crippen molar-refractivity contribution in [2.24, 2.45) is 0 Å². The predicted molar refractivity (Wildman–Crippen MR) is 89.1 cm³/mol. The summed E-state index contributed by atoms with van der Waals surface area (Å²) in [5.74, 6) is 0.673. The van der Waals surface area contributed by atoms with Crippen LogP contribution in [0.4, 0.5) is 0 Å². The van der Waals surface area contributed by atoms with Gasteiger partial charge in [0.15, 0.2) is 0 Å². The van der Waals surface area contributed by atoms with Gasteiger partial charge in [-0.2, -0.15) is 0 Å². The highest BCUT2D eigenvalue weighted by atomic mass is 16.7. The molecule has 2 aliphatic heterocycles. The summed E-state index contributed by atoms with van der Waals surface area (Å²) in [6.07, 6.45) is 0. The Bertz CT molecular complexity index is 450. The lowest BCUT2D eigenvalue weighted by Crippen LogP contribution is -2.41. The van der Waals surface area contributed by atoms with Crippen LogP contribution in [0.3, 0.4) is 0 Å². The number of rotatable bonds is 2. The molecule has 0 aliphatic carbocycles. The number of benzene rings is 1. The van der Waals surface area contributed by atoms with E-state index in [2.05, 4.69) is 57.3 Å². The summed E-state index contributed by atoms with van der Waals surface area (Å²) in [6.45, 7) is 14.5. The summed E-state index contributed by atoms with van der Waals surface area (Å²) in [4.78, 5) is 0. The zero-order valence-corrected chi connectivity index (χ0v) is 14.2. The lowest BCUT2D eigenvalue weighted by molar-refractivity contribution is 0.00578. The molecule has 2 fully saturated rings. The molecular formula is C17H28BNO2. The van der Waals surface area contributed by atoms with E-state index in [0.29, 0.717) is 5.92 Å². The predicted octanol–water partition coefficient (Wildman–Crippen LogP) is 2.70. The maximum Gasteiger partial charge on any atom is 0.494 e. The van der Waals surface area contributed by atoms with Gasteiger partial charge in [0.05, 0.1) is 11.2 Å². The van der Waals surface area contributed by atoms with Crippen molar-refractivity contribution in [3.8, 4) is 0 Å². The van der Waals surface area contributed by atoms with Crippen LogP contribution in [0, 0.1) is 0 Å². The maximum absolute atomic E-state index is 6.06. The van der Waals surface area contributed by atoms with Crippen LogP contribution in [0.2, 0.25) is 0 Å². The van der Waals surface area contributed by atoms with E-state index >= 15 is 0 Å². The van der Waals surface area contributed by atoms with Crippen molar-refractivity contribution in [3.63, 3.8) is 0 Å². The van der Waals surface area contributed by atoms with Crippen LogP contribution in [0.1, 0.15) is 53.0 Å². The lowest BCUT2D eigenvalue weighted by Gasteiger charge is -2.32. The van der Waals surface area contributed by atoms with Crippen LogP contribution < -0.4 is 10.8 Å². The van der Waals surface area contributed by atoms with E-state index in [1.165, 1.54) is 5.56 Å². The van der Waals surface area contributed by atoms with Crippen molar-refractivity contribution in [1.82, 2.24) is 5.32 Å². The van der Waals surface area contributed by atoms with Crippen LogP contribution in [0.5, 0.6) is 0 Å². The third kappa shape index (κ3) is 3.18. The van der Waals surface area contributed by atoms with E-state index in [-0.39, 0.29) is 18.3 Å². The molecule has 4 heteroatoms. The minimum absolute atomic E-state index is 0.251. The number of hydrogen-bond acceptors (Lipinski definition) is 3. The van der Waals surface area contributed by atoms with Gasteiger partial charge in [-0.05, 0) is 38.7 Å². The Morgan fingerprint density at radius 2 is 1.43 bits per heavy atom. The van der Waals surface area contributed by atoms with Crippen molar-refractivity contribution < 1.29 is 9.31 Å². The smallest absolute Gasteiger partial charge is 0.399 e. The normalized spacial score (nSPS) is 23.2. The summed E-state index contributed by atoms with van der Waals surface area (Å²) in [5.41, 5.74) is 1.97. The van der Waals surface area contributed by atoms with Crippen LogP contribution in [-0.2, 0) is 9.31 Å². The Labute approximate surface area is 129 Å². The van der Waals surface area contributed by atoms with Crippen molar-refractivity contribution in [2.45, 2.75) is 58.7 Å². The van der Waals surface area contributed by atoms with Gasteiger partial charge in [-0.25, -0.2) is 0 Å². The minimum Gasteiger partial charge on any atom is -0.399 e. The fraction of sp³-hybridized carbons (Fsp3) is 0.647. The van der Waals surface area contributed by atoms with Gasteiger partial charge < -0.3 is 14.6 Å². The van der Waals surface area contributed by atoms with E-state index in [0.717, 1.165) is 18.6 Å². The van der Waals surface area contributed by atoms with Gasteiger partial charge >= 0.3 is 7.12 Å². The molecule has 0 aromatic heterocycles. The zero-order chi connectivity index (χ0) is 15.7. The first-order valence-electron chi connectivity index (χ1n) is 8.05. The van der Waals surface area contributed by atoms with E-state index < -0.39 is 0 Å². The van der Waals surface area contributed by atoms with Crippen molar-refractivity contribution in [1.29, 1.82) is 0 Å². The Morgan fingerprint density at radius 1 is 0.952 bits per heavy atom. The van der Waals surface area contributed by atoms with Gasteiger partial charge in [0, 0.05) is 19.0 Å². The van der Waals surface area contributed by atoms with Gasteiger partial charge in [-0.15, -0.1) is 0 Å². The second-order valence-electron chi connectivity index (χ2n) is 6.61. The highest BCUT2D eigenvalue weighted by molar-refractivity contribution is 6.62. The Morgan fingerprint density at radius 3 is 1.81 bits per heavy atom. The summed E-state index contributed by atoms with van der Waals surface area (Å²) >= 11 is 0. The van der Waals surface area contributed by atoms with E-state index in [9.17, 15) is 0 Å². The standard InChI is InChI=1S/C15H22BNO2.C2H6/c1-14(2)15(3,4)19-16(18-14)13-7-5-11(6-8-13)12-9-17-10-12;1-2/h5-8,12,17H,9-10H2,1-4H3;1-2H3. The molecule has 0 atom stereocenters. The third-order valence-corrected chi connectivity index (χ3v) is 4.71. The molecule has 21 heavy (non-hydrogen) atoms. The topological polar surface area (TPSA) is 30.5 Å². The van der Waals surface area contributed by atoms with E-state index in [1.54, 1.807) is 0 Å². The summed E-state index contributed by atoms with van der Waals surface area (Å²) in [6, 6.07) is 8.67. The first kappa shape index (κ1) is 16.5. The maximum atomic E-state index is 6.06. The highest BCUT2D eigenvalue weighted by Gasteiger charge is 2.51. The average Bonchev–Trinajstić information content (AvgIpc) is 2.60. The van der Waals surface area contributed by atoms with Crippen molar-refractivity contribution in [2.75, 3.05) is 13.1 Å². The van der Waals surface area contributed by atoms with E-state index in [4.69, 9.17) is 9.31 Å². The molecule has 116 valence electrons. The number of nitrogens with one attached hydrogen (secondary N) is 1. The highest BCUT2D eigenvalue weighted by Crippen LogP contribution is 2.36. The van der Waals surface area contributed by atoms with Crippen molar-refractivity contribution >= 4 is 12.6 Å². The summed E-state index contributed by atoms with van der Waals surface area (Å²) < 4.78 is 12.1. The summed E-state index contributed by atoms with van der Waals surface area (Å²) in [5, 5.41) is 3.30. The fourth-order valence-corrected chi connectivity index (χ4v) is 2.43. The first-order valence-corrected chi connectivity index (χ1v) is 8.05. The van der Waals surface area contributed by atoms with Crippen LogP contribution in [-0.4, -0.2) is 31.4 Å². The molecule has 3 rings (SSSR count). The Balaban J connectivity index is 0.000000774. The molecule has 1 aromatic rings. The molecule has 0 amide bonds. The molecule has 2 aliphatic rings. The Hall–Kier alpha value is -0.835. The Kier molecular flexibility index (Phi) is 4.81. The van der Waals surface area contributed by atoms with Gasteiger partial charge in [0.25, 0.3) is 0 Å². The molecule has 1 N–H and O–H groups in total. The molecule has 0 spiro atoms. The molecule has 3 nitrogen and oxygen atoms in total. The molecule has 0 bridgehead atoms. The van der Waals surface area contributed by atoms with Gasteiger partial charge in [-0.3, -0.25) is 0 Å². The van der Waals surface area contributed by atoms with Gasteiger partial charge in [-0.1, -0.05) is 38.1 Å². The first-order chi connectivity index (χ1) is 9.89. The average molecular weight is 289 g/mol. The molecule has 0 radical (unpaired) electrons. The molecule has 2 saturated heterocycles. The molecule has 0 unspecified atom stereocenters. The molecule has 2 heterocycles. The van der Waals surface area contributed by atoms with Crippen LogP contribution in [0.15, 0.2) is 24.3 Å². The van der Waals surface area contributed by atoms with Crippen molar-refractivity contribution in [3.05, 3.63) is 29.8 Å². The molecule has 0 saturated carbocycles. The SMILES string of the molecule is CC.CC1(C)OB(c2ccc(C3CNC3)cc2)OC1(C)C. The molecular weight excluding hydrogens is 261 g/mol. The van der Waals surface area contributed by atoms with Gasteiger partial charge in [0.2, 0.25) is 0 Å². The minimum atomic E-state index is -0.270. The second kappa shape index (κ2) is 6.11. The van der Waals surface area contributed by atoms with Crippen LogP contribution >= 0.6 is 0 Å². The quantitative estimate of drug-likeness (QED) is 0.849. The van der Waals surface area contributed by atoms with E-state index in [1.807, 2.05) is 13.8 Å². The second-order valence-corrected chi connectivity index (χ2v) is 6.61. The monoisotopic (exact) mass is 289 g/mol. The number of hydrogen-bond donors (Lipinski definition) is 1. The third-order valence-electron chi connectivity index (χ3n) is 4.71. The van der Waals surface area contributed by atoms with Crippen LogP contribution in [0.25, 0.3) is 0 Å². The summed E-state index contributed by atoms with van der Waals surface area (Å²) in [7, 11) is -0.251. The van der Waals surface area contributed by atoms with Gasteiger partial charge in [0.1, 0.15) is 0 Å². The largest absolute Gasteiger partial charge is 0.494 e. The lowest BCUT2D eigenvalue weighted by atomic mass is 9.78.